The van der Waals surface area contributed by atoms with Crippen LogP contribution in [0.1, 0.15) is 17.5 Å². The maximum absolute atomic E-state index is 11.7. The smallest absolute Gasteiger partial charge is 0.308 e. The van der Waals surface area contributed by atoms with Crippen LogP contribution < -0.4 is 0 Å². The van der Waals surface area contributed by atoms with Crippen LogP contribution in [0, 0.1) is 12.8 Å². The van der Waals surface area contributed by atoms with Gasteiger partial charge in [0.15, 0.2) is 0 Å². The molecule has 0 bridgehead atoms. The first-order valence-corrected chi connectivity index (χ1v) is 5.63. The monoisotopic (exact) mass is 233 g/mol. The minimum absolute atomic E-state index is 0.0688. The van der Waals surface area contributed by atoms with Crippen LogP contribution in [0.15, 0.2) is 24.3 Å². The number of likely N-dealkylation sites (tertiary alicyclic amines) is 1. The van der Waals surface area contributed by atoms with E-state index in [1.807, 2.05) is 31.2 Å². The summed E-state index contributed by atoms with van der Waals surface area (Å²) in [6.45, 7) is 2.82. The van der Waals surface area contributed by atoms with Gasteiger partial charge in [-0.3, -0.25) is 9.59 Å². The third-order valence-electron chi connectivity index (χ3n) is 3.19. The number of nitrogens with zero attached hydrogens (tertiary/aromatic N) is 1. The molecule has 1 aromatic rings. The molecule has 1 saturated heterocycles. The Balaban J connectivity index is 2.08. The van der Waals surface area contributed by atoms with Crippen molar-refractivity contribution in [3.63, 3.8) is 0 Å². The molecule has 1 amide bonds. The van der Waals surface area contributed by atoms with Crippen LogP contribution in [0.5, 0.6) is 0 Å². The summed E-state index contributed by atoms with van der Waals surface area (Å²) in [5.74, 6) is -1.50. The van der Waals surface area contributed by atoms with Crippen molar-refractivity contribution in [1.29, 1.82) is 0 Å². The quantitative estimate of drug-likeness (QED) is 0.859. The number of carbonyl (C=O) groups is 2. The zero-order chi connectivity index (χ0) is 12.4. The van der Waals surface area contributed by atoms with Gasteiger partial charge in [0.25, 0.3) is 0 Å². The Hall–Kier alpha value is -1.84. The fourth-order valence-electron chi connectivity index (χ4n) is 2.08. The first-order chi connectivity index (χ1) is 8.08. The number of benzene rings is 1. The molecule has 1 N–H and O–H groups in total. The van der Waals surface area contributed by atoms with Gasteiger partial charge in [0.1, 0.15) is 0 Å². The van der Waals surface area contributed by atoms with Gasteiger partial charge >= 0.3 is 5.97 Å². The predicted octanol–water partition coefficient (Wildman–Crippen LogP) is 1.43. The molecule has 0 spiro atoms. The number of hydrogen-bond donors (Lipinski definition) is 1. The highest BCUT2D eigenvalue weighted by Crippen LogP contribution is 2.21. The van der Waals surface area contributed by atoms with Crippen molar-refractivity contribution in [2.45, 2.75) is 19.9 Å². The van der Waals surface area contributed by atoms with E-state index >= 15 is 0 Å². The zero-order valence-electron chi connectivity index (χ0n) is 9.72. The predicted molar refractivity (Wildman–Crippen MR) is 62.3 cm³/mol. The standard InChI is InChI=1S/C13H15NO3/c1-9-4-2-3-5-10(9)7-14-8-11(13(16)17)6-12(14)15/h2-5,11H,6-8H2,1H3,(H,16,17)/t11-/m1/s1. The maximum Gasteiger partial charge on any atom is 0.308 e. The van der Waals surface area contributed by atoms with Crippen LogP contribution in [0.25, 0.3) is 0 Å². The van der Waals surface area contributed by atoms with E-state index in [2.05, 4.69) is 0 Å². The van der Waals surface area contributed by atoms with Crippen molar-refractivity contribution in [3.8, 4) is 0 Å². The molecular formula is C13H15NO3. The molecule has 0 saturated carbocycles. The molecule has 1 aromatic carbocycles. The second-order valence-electron chi connectivity index (χ2n) is 4.44. The highest BCUT2D eigenvalue weighted by atomic mass is 16.4. The van der Waals surface area contributed by atoms with Crippen molar-refractivity contribution in [1.82, 2.24) is 4.90 Å². The molecule has 4 nitrogen and oxygen atoms in total. The molecule has 1 fully saturated rings. The minimum Gasteiger partial charge on any atom is -0.481 e. The van der Waals surface area contributed by atoms with Gasteiger partial charge in [-0.1, -0.05) is 24.3 Å². The summed E-state index contributed by atoms with van der Waals surface area (Å²) in [7, 11) is 0. The fraction of sp³-hybridized carbons (Fsp3) is 0.385. The summed E-state index contributed by atoms with van der Waals surface area (Å²) < 4.78 is 0. The van der Waals surface area contributed by atoms with E-state index in [0.717, 1.165) is 11.1 Å². The Labute approximate surface area is 99.9 Å². The molecule has 2 rings (SSSR count). The molecular weight excluding hydrogens is 218 g/mol. The highest BCUT2D eigenvalue weighted by Gasteiger charge is 2.34. The summed E-state index contributed by atoms with van der Waals surface area (Å²) in [6, 6.07) is 7.84. The number of aryl methyl sites for hydroxylation is 1. The van der Waals surface area contributed by atoms with Crippen LogP contribution in [0.4, 0.5) is 0 Å². The number of rotatable bonds is 3. The van der Waals surface area contributed by atoms with Gasteiger partial charge in [-0.05, 0) is 18.1 Å². The van der Waals surface area contributed by atoms with Crippen molar-refractivity contribution < 1.29 is 14.7 Å². The Kier molecular flexibility index (Phi) is 3.13. The summed E-state index contributed by atoms with van der Waals surface area (Å²) in [5.41, 5.74) is 2.20. The Morgan fingerprint density at radius 3 is 2.76 bits per heavy atom. The minimum atomic E-state index is -0.884. The Morgan fingerprint density at radius 1 is 1.47 bits per heavy atom. The van der Waals surface area contributed by atoms with Gasteiger partial charge < -0.3 is 10.0 Å². The second-order valence-corrected chi connectivity index (χ2v) is 4.44. The third kappa shape index (κ3) is 2.46. The molecule has 0 aliphatic carbocycles. The Morgan fingerprint density at radius 2 is 2.18 bits per heavy atom. The largest absolute Gasteiger partial charge is 0.481 e. The molecule has 90 valence electrons. The van der Waals surface area contributed by atoms with Crippen molar-refractivity contribution in [3.05, 3.63) is 35.4 Å². The van der Waals surface area contributed by atoms with Crippen molar-refractivity contribution in [2.24, 2.45) is 5.92 Å². The molecule has 1 atom stereocenters. The second kappa shape index (κ2) is 4.57. The third-order valence-corrected chi connectivity index (χ3v) is 3.19. The van der Waals surface area contributed by atoms with E-state index in [1.54, 1.807) is 4.90 Å². The lowest BCUT2D eigenvalue weighted by atomic mass is 10.1. The lowest BCUT2D eigenvalue weighted by Crippen LogP contribution is -2.26. The summed E-state index contributed by atoms with van der Waals surface area (Å²) >= 11 is 0. The van der Waals surface area contributed by atoms with E-state index < -0.39 is 11.9 Å². The lowest BCUT2D eigenvalue weighted by Gasteiger charge is -2.17. The zero-order valence-corrected chi connectivity index (χ0v) is 9.72. The van der Waals surface area contributed by atoms with Crippen LogP contribution in [-0.4, -0.2) is 28.4 Å². The molecule has 1 aliphatic heterocycles. The number of aliphatic carboxylic acids is 1. The topological polar surface area (TPSA) is 57.6 Å². The van der Waals surface area contributed by atoms with E-state index in [9.17, 15) is 9.59 Å². The number of carbonyl (C=O) groups excluding carboxylic acids is 1. The highest BCUT2D eigenvalue weighted by molar-refractivity contribution is 5.86. The van der Waals surface area contributed by atoms with Crippen LogP contribution in [-0.2, 0) is 16.1 Å². The van der Waals surface area contributed by atoms with Gasteiger partial charge in [0, 0.05) is 19.5 Å². The molecule has 0 aromatic heterocycles. The van der Waals surface area contributed by atoms with Crippen LogP contribution >= 0.6 is 0 Å². The number of carboxylic acid groups (broad SMARTS) is 1. The molecule has 1 aliphatic rings. The Bertz CT molecular complexity index is 456. The van der Waals surface area contributed by atoms with E-state index in [0.29, 0.717) is 13.1 Å². The van der Waals surface area contributed by atoms with Crippen LogP contribution in [0.2, 0.25) is 0 Å². The van der Waals surface area contributed by atoms with E-state index in [4.69, 9.17) is 5.11 Å². The first-order valence-electron chi connectivity index (χ1n) is 5.63. The number of carboxylic acids is 1. The molecule has 0 unspecified atom stereocenters. The first kappa shape index (κ1) is 11.6. The normalized spacial score (nSPS) is 19.7. The lowest BCUT2D eigenvalue weighted by molar-refractivity contribution is -0.141. The van der Waals surface area contributed by atoms with E-state index in [-0.39, 0.29) is 12.3 Å². The molecule has 0 radical (unpaired) electrons. The van der Waals surface area contributed by atoms with Gasteiger partial charge in [0.05, 0.1) is 5.92 Å². The molecule has 17 heavy (non-hydrogen) atoms. The van der Waals surface area contributed by atoms with E-state index in [1.165, 1.54) is 0 Å². The number of hydrogen-bond acceptors (Lipinski definition) is 2. The van der Waals surface area contributed by atoms with Gasteiger partial charge in [-0.15, -0.1) is 0 Å². The van der Waals surface area contributed by atoms with Crippen molar-refractivity contribution >= 4 is 11.9 Å². The fourth-order valence-corrected chi connectivity index (χ4v) is 2.08. The summed E-state index contributed by atoms with van der Waals surface area (Å²) in [5, 5.41) is 8.89. The van der Waals surface area contributed by atoms with Crippen LogP contribution in [0.3, 0.4) is 0 Å². The van der Waals surface area contributed by atoms with Gasteiger partial charge in [-0.2, -0.15) is 0 Å². The van der Waals surface area contributed by atoms with Gasteiger partial charge in [0.2, 0.25) is 5.91 Å². The number of amides is 1. The average molecular weight is 233 g/mol. The SMILES string of the molecule is Cc1ccccc1CN1C[C@H](C(=O)O)CC1=O. The maximum atomic E-state index is 11.7. The molecule has 4 heteroatoms. The summed E-state index contributed by atoms with van der Waals surface area (Å²) in [6.07, 6.45) is 0.126. The van der Waals surface area contributed by atoms with Gasteiger partial charge in [-0.25, -0.2) is 0 Å². The molecule has 1 heterocycles. The summed E-state index contributed by atoms with van der Waals surface area (Å²) in [4.78, 5) is 24.1. The van der Waals surface area contributed by atoms with Crippen molar-refractivity contribution in [2.75, 3.05) is 6.54 Å². The average Bonchev–Trinajstić information content (AvgIpc) is 2.64.